The lowest BCUT2D eigenvalue weighted by atomic mass is 10.1. The summed E-state index contributed by atoms with van der Waals surface area (Å²) in [7, 11) is 4.72. The Morgan fingerprint density at radius 2 is 1.64 bits per heavy atom. The maximum Gasteiger partial charge on any atom is 0.341 e. The van der Waals surface area contributed by atoms with E-state index >= 15 is 0 Å². The molecule has 0 aliphatic rings. The predicted octanol–water partition coefficient (Wildman–Crippen LogP) is 4.89. The molecule has 8 nitrogen and oxygen atoms in total. The Labute approximate surface area is 207 Å². The van der Waals surface area contributed by atoms with E-state index in [9.17, 15) is 9.18 Å². The maximum atomic E-state index is 14.0. The number of methoxy groups -OCH3 is 3. The first-order chi connectivity index (χ1) is 17.4. The molecule has 0 radical (unpaired) electrons. The maximum absolute atomic E-state index is 14.0. The number of hydrogen-bond acceptors (Lipinski definition) is 6. The van der Waals surface area contributed by atoms with Gasteiger partial charge in [0.2, 0.25) is 0 Å². The van der Waals surface area contributed by atoms with E-state index in [1.54, 1.807) is 32.1 Å². The van der Waals surface area contributed by atoms with Crippen molar-refractivity contribution in [2.45, 2.75) is 6.54 Å². The molecule has 0 atom stereocenters. The summed E-state index contributed by atoms with van der Waals surface area (Å²) < 4.78 is 37.8. The van der Waals surface area contributed by atoms with Gasteiger partial charge in [0, 0.05) is 22.8 Å². The third kappa shape index (κ3) is 5.10. The van der Waals surface area contributed by atoms with E-state index in [0.717, 1.165) is 17.2 Å². The summed E-state index contributed by atoms with van der Waals surface area (Å²) in [5, 5.41) is 13.8. The van der Waals surface area contributed by atoms with E-state index < -0.39 is 18.4 Å². The van der Waals surface area contributed by atoms with E-state index in [1.165, 1.54) is 12.1 Å². The summed E-state index contributed by atoms with van der Waals surface area (Å²) in [6, 6.07) is 18.8. The van der Waals surface area contributed by atoms with Gasteiger partial charge in [0.1, 0.15) is 17.3 Å². The van der Waals surface area contributed by atoms with Crippen molar-refractivity contribution < 1.29 is 33.2 Å². The highest BCUT2D eigenvalue weighted by molar-refractivity contribution is 5.77. The van der Waals surface area contributed by atoms with Gasteiger partial charge in [-0.25, -0.2) is 9.18 Å². The van der Waals surface area contributed by atoms with Crippen molar-refractivity contribution in [3.05, 3.63) is 78.1 Å². The Morgan fingerprint density at radius 3 is 2.36 bits per heavy atom. The second-order valence-electron chi connectivity index (χ2n) is 7.75. The molecule has 9 heteroatoms. The van der Waals surface area contributed by atoms with Gasteiger partial charge < -0.3 is 24.1 Å². The Hall–Kier alpha value is -4.53. The fourth-order valence-corrected chi connectivity index (χ4v) is 3.94. The standard InChI is InChI=1S/C27H25FN2O6/c1-33-23-9-5-4-7-17(23)15-30-22(20-8-6-10-24(34-2)27(20)35-3)14-21(29-30)19-12-11-18(28)13-25(19)36-16-26(31)32/h4-14H,15-16H2,1-3H3,(H,31,32). The van der Waals surface area contributed by atoms with Crippen molar-refractivity contribution in [2.24, 2.45) is 0 Å². The average Bonchev–Trinajstić information content (AvgIpc) is 3.30. The van der Waals surface area contributed by atoms with E-state index in [0.29, 0.717) is 40.7 Å². The summed E-state index contributed by atoms with van der Waals surface area (Å²) in [6.07, 6.45) is 0. The first kappa shape index (κ1) is 24.6. The number of rotatable bonds is 10. The number of carbonyl (C=O) groups is 1. The number of aromatic nitrogens is 2. The van der Waals surface area contributed by atoms with Crippen molar-refractivity contribution in [1.82, 2.24) is 9.78 Å². The van der Waals surface area contributed by atoms with Crippen LogP contribution in [0.25, 0.3) is 22.5 Å². The molecule has 0 amide bonds. The number of hydrogen-bond donors (Lipinski definition) is 1. The van der Waals surface area contributed by atoms with Crippen LogP contribution in [0.15, 0.2) is 66.7 Å². The molecule has 4 rings (SSSR count). The van der Waals surface area contributed by atoms with Gasteiger partial charge in [-0.05, 0) is 36.4 Å². The zero-order valence-corrected chi connectivity index (χ0v) is 20.0. The summed E-state index contributed by atoms with van der Waals surface area (Å²) in [5.74, 6) is 0.118. The normalized spacial score (nSPS) is 10.7. The van der Waals surface area contributed by atoms with Crippen molar-refractivity contribution >= 4 is 5.97 Å². The quantitative estimate of drug-likeness (QED) is 0.337. The van der Waals surface area contributed by atoms with Crippen LogP contribution in [-0.2, 0) is 11.3 Å². The Morgan fingerprint density at radius 1 is 0.889 bits per heavy atom. The molecule has 0 aliphatic carbocycles. The molecule has 0 unspecified atom stereocenters. The van der Waals surface area contributed by atoms with Gasteiger partial charge >= 0.3 is 5.97 Å². The molecule has 1 aromatic heterocycles. The zero-order valence-electron chi connectivity index (χ0n) is 20.0. The van der Waals surface area contributed by atoms with Gasteiger partial charge in [0.05, 0.1) is 39.3 Å². The molecular formula is C27H25FN2O6. The lowest BCUT2D eigenvalue weighted by Crippen LogP contribution is -2.10. The molecule has 186 valence electrons. The number of carboxylic acids is 1. The van der Waals surface area contributed by atoms with Gasteiger partial charge in [-0.15, -0.1) is 0 Å². The largest absolute Gasteiger partial charge is 0.496 e. The fourth-order valence-electron chi connectivity index (χ4n) is 3.94. The Kier molecular flexibility index (Phi) is 7.39. The molecular weight excluding hydrogens is 467 g/mol. The number of nitrogens with zero attached hydrogens (tertiary/aromatic N) is 2. The SMILES string of the molecule is COc1ccccc1Cn1nc(-c2ccc(F)cc2OCC(=O)O)cc1-c1cccc(OC)c1OC. The van der Waals surface area contributed by atoms with Gasteiger partial charge in [0.15, 0.2) is 18.1 Å². The van der Waals surface area contributed by atoms with Crippen molar-refractivity contribution in [1.29, 1.82) is 0 Å². The van der Waals surface area contributed by atoms with Crippen molar-refractivity contribution in [3.63, 3.8) is 0 Å². The molecule has 1 N–H and O–H groups in total. The fraction of sp³-hybridized carbons (Fsp3) is 0.185. The molecule has 0 saturated carbocycles. The number of aliphatic carboxylic acids is 1. The summed E-state index contributed by atoms with van der Waals surface area (Å²) >= 11 is 0. The van der Waals surface area contributed by atoms with E-state index in [-0.39, 0.29) is 5.75 Å². The highest BCUT2D eigenvalue weighted by atomic mass is 19.1. The summed E-state index contributed by atoms with van der Waals surface area (Å²) in [6.45, 7) is -0.263. The van der Waals surface area contributed by atoms with Crippen LogP contribution >= 0.6 is 0 Å². The Bertz CT molecular complexity index is 1380. The smallest absolute Gasteiger partial charge is 0.341 e. The van der Waals surface area contributed by atoms with Crippen LogP contribution in [0.1, 0.15) is 5.56 Å². The molecule has 4 aromatic rings. The van der Waals surface area contributed by atoms with Gasteiger partial charge in [-0.1, -0.05) is 24.3 Å². The zero-order chi connectivity index (χ0) is 25.7. The number of benzene rings is 3. The number of carboxylic acid groups (broad SMARTS) is 1. The topological polar surface area (TPSA) is 92.0 Å². The summed E-state index contributed by atoms with van der Waals surface area (Å²) in [4.78, 5) is 11.1. The molecule has 0 fully saturated rings. The van der Waals surface area contributed by atoms with Crippen LogP contribution in [0.4, 0.5) is 4.39 Å². The first-order valence-corrected chi connectivity index (χ1v) is 11.0. The third-order valence-electron chi connectivity index (χ3n) is 5.54. The van der Waals surface area contributed by atoms with Gasteiger partial charge in [-0.2, -0.15) is 5.10 Å². The molecule has 1 heterocycles. The highest BCUT2D eigenvalue weighted by Crippen LogP contribution is 2.40. The lowest BCUT2D eigenvalue weighted by molar-refractivity contribution is -0.139. The van der Waals surface area contributed by atoms with Gasteiger partial charge in [0.25, 0.3) is 0 Å². The number of ether oxygens (including phenoxy) is 4. The summed E-state index contributed by atoms with van der Waals surface area (Å²) in [5.41, 5.74) is 3.21. The van der Waals surface area contributed by atoms with Crippen LogP contribution in [0.5, 0.6) is 23.0 Å². The average molecular weight is 493 g/mol. The monoisotopic (exact) mass is 492 g/mol. The molecule has 0 spiro atoms. The van der Waals surface area contributed by atoms with E-state index in [4.69, 9.17) is 29.2 Å². The lowest BCUT2D eigenvalue weighted by Gasteiger charge is -2.15. The minimum Gasteiger partial charge on any atom is -0.496 e. The molecule has 36 heavy (non-hydrogen) atoms. The van der Waals surface area contributed by atoms with Crippen molar-refractivity contribution in [2.75, 3.05) is 27.9 Å². The Balaban J connectivity index is 1.89. The first-order valence-electron chi connectivity index (χ1n) is 11.0. The van der Waals surface area contributed by atoms with Crippen LogP contribution < -0.4 is 18.9 Å². The van der Waals surface area contributed by atoms with Crippen LogP contribution in [-0.4, -0.2) is 48.8 Å². The van der Waals surface area contributed by atoms with Crippen LogP contribution in [0.2, 0.25) is 0 Å². The van der Waals surface area contributed by atoms with E-state index in [1.807, 2.05) is 42.5 Å². The highest BCUT2D eigenvalue weighted by Gasteiger charge is 2.21. The van der Waals surface area contributed by atoms with Gasteiger partial charge in [-0.3, -0.25) is 4.68 Å². The molecule has 3 aromatic carbocycles. The second-order valence-corrected chi connectivity index (χ2v) is 7.75. The van der Waals surface area contributed by atoms with Crippen LogP contribution in [0, 0.1) is 5.82 Å². The third-order valence-corrected chi connectivity index (χ3v) is 5.54. The number of halogens is 1. The molecule has 0 aliphatic heterocycles. The minimum absolute atomic E-state index is 0.0727. The minimum atomic E-state index is -1.17. The second kappa shape index (κ2) is 10.8. The van der Waals surface area contributed by atoms with Crippen molar-refractivity contribution in [3.8, 4) is 45.5 Å². The molecule has 0 bridgehead atoms. The number of para-hydroxylation sites is 2. The predicted molar refractivity (Wildman–Crippen MR) is 131 cm³/mol. The van der Waals surface area contributed by atoms with E-state index in [2.05, 4.69) is 0 Å². The van der Waals surface area contributed by atoms with Crippen LogP contribution in [0.3, 0.4) is 0 Å². The molecule has 0 saturated heterocycles.